The van der Waals surface area contributed by atoms with Crippen LogP contribution in [0.15, 0.2) is 4.99 Å². The standard InChI is InChI=1S/C19H33N5S.HI/c1-4-20-19(21-13-18-22-14(2)15(3)25-18)23-16-9-11-24(12-10-16)17-7-5-6-8-17;/h16-17H,4-13H2,1-3H3,(H2,20,21,23);1H. The van der Waals surface area contributed by atoms with Crippen molar-refractivity contribution in [2.75, 3.05) is 19.6 Å². The summed E-state index contributed by atoms with van der Waals surface area (Å²) < 4.78 is 0. The Morgan fingerprint density at radius 2 is 1.88 bits per heavy atom. The number of hydrogen-bond donors (Lipinski definition) is 2. The highest BCUT2D eigenvalue weighted by Crippen LogP contribution is 2.26. The van der Waals surface area contributed by atoms with E-state index in [0.29, 0.717) is 12.6 Å². The van der Waals surface area contributed by atoms with Gasteiger partial charge in [0.15, 0.2) is 5.96 Å². The molecule has 0 bridgehead atoms. The molecule has 3 rings (SSSR count). The number of aromatic nitrogens is 1. The number of nitrogens with zero attached hydrogens (tertiary/aromatic N) is 3. The maximum absolute atomic E-state index is 4.76. The van der Waals surface area contributed by atoms with Crippen LogP contribution in [0.1, 0.15) is 61.0 Å². The zero-order valence-electron chi connectivity index (χ0n) is 16.4. The maximum atomic E-state index is 4.76. The van der Waals surface area contributed by atoms with Crippen LogP contribution >= 0.6 is 35.3 Å². The van der Waals surface area contributed by atoms with Crippen LogP contribution < -0.4 is 10.6 Å². The predicted molar refractivity (Wildman–Crippen MR) is 122 cm³/mol. The number of halogens is 1. The first-order valence-electron chi connectivity index (χ1n) is 9.87. The second kappa shape index (κ2) is 10.8. The number of rotatable bonds is 5. The first kappa shape index (κ1) is 21.9. The van der Waals surface area contributed by atoms with E-state index >= 15 is 0 Å². The fourth-order valence-corrected chi connectivity index (χ4v) is 4.80. The second-order valence-electron chi connectivity index (χ2n) is 7.34. The fourth-order valence-electron chi connectivity index (χ4n) is 3.95. The predicted octanol–water partition coefficient (Wildman–Crippen LogP) is 3.84. The Kier molecular flexibility index (Phi) is 9.09. The summed E-state index contributed by atoms with van der Waals surface area (Å²) in [6, 6.07) is 1.40. The Morgan fingerprint density at radius 1 is 1.19 bits per heavy atom. The summed E-state index contributed by atoms with van der Waals surface area (Å²) in [4.78, 5) is 13.4. The second-order valence-corrected chi connectivity index (χ2v) is 8.62. The largest absolute Gasteiger partial charge is 0.357 e. The van der Waals surface area contributed by atoms with Crippen molar-refractivity contribution in [3.63, 3.8) is 0 Å². The fraction of sp³-hybridized carbons (Fsp3) is 0.789. The van der Waals surface area contributed by atoms with E-state index in [1.165, 1.54) is 56.5 Å². The summed E-state index contributed by atoms with van der Waals surface area (Å²) in [5.41, 5.74) is 1.13. The van der Waals surface area contributed by atoms with Crippen LogP contribution in [0, 0.1) is 13.8 Å². The van der Waals surface area contributed by atoms with Crippen molar-refractivity contribution in [2.24, 2.45) is 4.99 Å². The maximum Gasteiger partial charge on any atom is 0.191 e. The number of thiazole rings is 1. The highest BCUT2D eigenvalue weighted by molar-refractivity contribution is 14.0. The SMILES string of the molecule is CCNC(=NCc1nc(C)c(C)s1)NC1CCN(C2CCCC2)CC1.I. The molecule has 0 amide bonds. The Bertz CT molecular complexity index is 555. The summed E-state index contributed by atoms with van der Waals surface area (Å²) >= 11 is 1.75. The van der Waals surface area contributed by atoms with Crippen LogP contribution in [-0.2, 0) is 6.54 Å². The van der Waals surface area contributed by atoms with Gasteiger partial charge in [0.25, 0.3) is 0 Å². The number of hydrogen-bond acceptors (Lipinski definition) is 4. The quantitative estimate of drug-likeness (QED) is 0.374. The Labute approximate surface area is 179 Å². The van der Waals surface area contributed by atoms with Crippen LogP contribution in [0.2, 0.25) is 0 Å². The van der Waals surface area contributed by atoms with Gasteiger partial charge in [-0.2, -0.15) is 0 Å². The lowest BCUT2D eigenvalue weighted by molar-refractivity contribution is 0.150. The van der Waals surface area contributed by atoms with Gasteiger partial charge in [-0.3, -0.25) is 0 Å². The van der Waals surface area contributed by atoms with Gasteiger partial charge in [0, 0.05) is 36.6 Å². The highest BCUT2D eigenvalue weighted by Gasteiger charge is 2.27. The molecular weight excluding hydrogens is 457 g/mol. The molecule has 1 saturated carbocycles. The minimum Gasteiger partial charge on any atom is -0.357 e. The van der Waals surface area contributed by atoms with Gasteiger partial charge in [0.2, 0.25) is 0 Å². The molecule has 0 radical (unpaired) electrons. The monoisotopic (exact) mass is 491 g/mol. The molecule has 2 N–H and O–H groups in total. The molecule has 2 fully saturated rings. The smallest absolute Gasteiger partial charge is 0.191 e. The third-order valence-electron chi connectivity index (χ3n) is 5.50. The van der Waals surface area contributed by atoms with Crippen molar-refractivity contribution in [2.45, 2.75) is 77.9 Å². The normalized spacial score (nSPS) is 20.2. The van der Waals surface area contributed by atoms with Crippen molar-refractivity contribution in [1.29, 1.82) is 0 Å². The van der Waals surface area contributed by atoms with Gasteiger partial charge in [-0.1, -0.05) is 12.8 Å². The van der Waals surface area contributed by atoms with E-state index in [9.17, 15) is 0 Å². The summed E-state index contributed by atoms with van der Waals surface area (Å²) in [6.45, 7) is 10.3. The number of nitrogens with one attached hydrogen (secondary N) is 2. The molecule has 1 aliphatic heterocycles. The Hall–Kier alpha value is -0.410. The lowest BCUT2D eigenvalue weighted by Crippen LogP contribution is -2.50. The average Bonchev–Trinajstić information content (AvgIpc) is 3.24. The molecule has 7 heteroatoms. The molecule has 1 saturated heterocycles. The molecule has 2 aliphatic rings. The van der Waals surface area contributed by atoms with Crippen LogP contribution in [0.25, 0.3) is 0 Å². The number of guanidine groups is 1. The minimum atomic E-state index is 0. The third-order valence-corrected chi connectivity index (χ3v) is 6.56. The summed E-state index contributed by atoms with van der Waals surface area (Å²) in [5, 5.41) is 8.14. The van der Waals surface area contributed by atoms with Gasteiger partial charge in [0.1, 0.15) is 5.01 Å². The molecule has 148 valence electrons. The zero-order chi connectivity index (χ0) is 17.6. The minimum absolute atomic E-state index is 0. The molecule has 2 heterocycles. The summed E-state index contributed by atoms with van der Waals surface area (Å²) in [6.07, 6.45) is 8.11. The van der Waals surface area contributed by atoms with E-state index in [4.69, 9.17) is 4.99 Å². The van der Waals surface area contributed by atoms with Gasteiger partial charge in [-0.15, -0.1) is 35.3 Å². The first-order chi connectivity index (χ1) is 12.2. The van der Waals surface area contributed by atoms with Gasteiger partial charge < -0.3 is 15.5 Å². The van der Waals surface area contributed by atoms with Crippen molar-refractivity contribution in [1.82, 2.24) is 20.5 Å². The third kappa shape index (κ3) is 6.05. The van der Waals surface area contributed by atoms with Crippen LogP contribution in [0.4, 0.5) is 0 Å². The van der Waals surface area contributed by atoms with Crippen molar-refractivity contribution in [3.05, 3.63) is 15.6 Å². The van der Waals surface area contributed by atoms with E-state index in [1.807, 2.05) is 0 Å². The molecule has 0 unspecified atom stereocenters. The van der Waals surface area contributed by atoms with E-state index in [-0.39, 0.29) is 24.0 Å². The van der Waals surface area contributed by atoms with Crippen molar-refractivity contribution in [3.8, 4) is 0 Å². The molecular formula is C19H34IN5S. The average molecular weight is 491 g/mol. The van der Waals surface area contributed by atoms with E-state index in [0.717, 1.165) is 29.2 Å². The molecule has 1 aromatic rings. The van der Waals surface area contributed by atoms with E-state index in [1.54, 1.807) is 11.3 Å². The molecule has 0 atom stereocenters. The lowest BCUT2D eigenvalue weighted by atomic mass is 10.0. The van der Waals surface area contributed by atoms with Gasteiger partial charge in [-0.05, 0) is 46.5 Å². The van der Waals surface area contributed by atoms with Gasteiger partial charge >= 0.3 is 0 Å². The van der Waals surface area contributed by atoms with Crippen molar-refractivity contribution >= 4 is 41.3 Å². The lowest BCUT2D eigenvalue weighted by Gasteiger charge is -2.36. The van der Waals surface area contributed by atoms with Gasteiger partial charge in [-0.25, -0.2) is 9.98 Å². The summed E-state index contributed by atoms with van der Waals surface area (Å²) in [7, 11) is 0. The topological polar surface area (TPSA) is 52.6 Å². The molecule has 5 nitrogen and oxygen atoms in total. The van der Waals surface area contributed by atoms with E-state index < -0.39 is 0 Å². The van der Waals surface area contributed by atoms with Gasteiger partial charge in [0.05, 0.1) is 12.2 Å². The van der Waals surface area contributed by atoms with Crippen LogP contribution in [0.3, 0.4) is 0 Å². The number of aliphatic imine (C=N–C) groups is 1. The Balaban J connectivity index is 0.00000243. The van der Waals surface area contributed by atoms with Crippen molar-refractivity contribution < 1.29 is 0 Å². The molecule has 26 heavy (non-hydrogen) atoms. The molecule has 1 aromatic heterocycles. The molecule has 0 aromatic carbocycles. The van der Waals surface area contributed by atoms with Crippen LogP contribution in [0.5, 0.6) is 0 Å². The molecule has 0 spiro atoms. The highest BCUT2D eigenvalue weighted by atomic mass is 127. The number of aryl methyl sites for hydroxylation is 2. The number of likely N-dealkylation sites (tertiary alicyclic amines) is 1. The first-order valence-corrected chi connectivity index (χ1v) is 10.7. The molecule has 1 aliphatic carbocycles. The zero-order valence-corrected chi connectivity index (χ0v) is 19.5. The summed E-state index contributed by atoms with van der Waals surface area (Å²) in [5.74, 6) is 0.937. The van der Waals surface area contributed by atoms with E-state index in [2.05, 4.69) is 41.3 Å². The number of piperidine rings is 1. The Morgan fingerprint density at radius 3 is 2.46 bits per heavy atom. The van der Waals surface area contributed by atoms with Crippen LogP contribution in [-0.4, -0.2) is 47.6 Å².